The molecule has 0 radical (unpaired) electrons. The van der Waals surface area contributed by atoms with Crippen molar-refractivity contribution in [1.82, 2.24) is 5.32 Å². The number of ether oxygens (including phenoxy) is 1. The van der Waals surface area contributed by atoms with Crippen molar-refractivity contribution in [3.8, 4) is 0 Å². The summed E-state index contributed by atoms with van der Waals surface area (Å²) >= 11 is 0. The van der Waals surface area contributed by atoms with Gasteiger partial charge < -0.3 is 15.2 Å². The summed E-state index contributed by atoms with van der Waals surface area (Å²) in [4.78, 5) is 10.9. The lowest BCUT2D eigenvalue weighted by Crippen LogP contribution is -2.38. The van der Waals surface area contributed by atoms with Gasteiger partial charge in [-0.25, -0.2) is 4.79 Å². The molecule has 4 heteroatoms. The van der Waals surface area contributed by atoms with E-state index >= 15 is 0 Å². The third kappa shape index (κ3) is 1.63. The van der Waals surface area contributed by atoms with Crippen LogP contribution in [0.2, 0.25) is 0 Å². The Morgan fingerprint density at radius 3 is 2.69 bits per heavy atom. The van der Waals surface area contributed by atoms with E-state index in [-0.39, 0.29) is 18.3 Å². The highest BCUT2D eigenvalue weighted by Crippen LogP contribution is 2.36. The van der Waals surface area contributed by atoms with Gasteiger partial charge in [0.1, 0.15) is 5.60 Å². The van der Waals surface area contributed by atoms with Crippen molar-refractivity contribution in [2.24, 2.45) is 5.92 Å². The van der Waals surface area contributed by atoms with Crippen molar-refractivity contribution in [2.45, 2.75) is 31.3 Å². The smallest absolute Gasteiger partial charge is 0.407 e. The zero-order valence-corrected chi connectivity index (χ0v) is 7.58. The maximum atomic E-state index is 10.9. The third-order valence-corrected chi connectivity index (χ3v) is 3.14. The van der Waals surface area contributed by atoms with Crippen molar-refractivity contribution < 1.29 is 14.6 Å². The van der Waals surface area contributed by atoms with Crippen LogP contribution < -0.4 is 5.32 Å². The average molecular weight is 185 g/mol. The van der Waals surface area contributed by atoms with Crippen LogP contribution >= 0.6 is 0 Å². The molecule has 0 unspecified atom stereocenters. The number of rotatable bonds is 1. The van der Waals surface area contributed by atoms with Gasteiger partial charge in [-0.3, -0.25) is 0 Å². The van der Waals surface area contributed by atoms with Crippen molar-refractivity contribution in [1.29, 1.82) is 0 Å². The van der Waals surface area contributed by atoms with Crippen LogP contribution in [0.5, 0.6) is 0 Å². The molecule has 2 rings (SSSR count). The van der Waals surface area contributed by atoms with Crippen molar-refractivity contribution in [2.75, 3.05) is 13.2 Å². The molecule has 1 spiro atoms. The summed E-state index contributed by atoms with van der Waals surface area (Å²) in [5.74, 6) is 0.407. The lowest BCUT2D eigenvalue weighted by molar-refractivity contribution is 0.00554. The molecule has 0 aromatic heterocycles. The van der Waals surface area contributed by atoms with E-state index in [0.29, 0.717) is 12.5 Å². The SMILES string of the molecule is O=C1NC[C@]2(CC[C@@H](CO)CC2)O1. The van der Waals surface area contributed by atoms with Gasteiger partial charge in [-0.2, -0.15) is 0 Å². The molecule has 1 aliphatic carbocycles. The predicted octanol–water partition coefficient (Wildman–Crippen LogP) is 0.647. The van der Waals surface area contributed by atoms with Gasteiger partial charge in [-0.15, -0.1) is 0 Å². The molecular weight excluding hydrogens is 170 g/mol. The van der Waals surface area contributed by atoms with E-state index < -0.39 is 0 Å². The summed E-state index contributed by atoms with van der Waals surface area (Å²) in [6.07, 6.45) is 3.41. The van der Waals surface area contributed by atoms with Crippen molar-refractivity contribution in [3.05, 3.63) is 0 Å². The zero-order chi connectivity index (χ0) is 9.31. The first-order chi connectivity index (χ1) is 6.24. The van der Waals surface area contributed by atoms with Crippen LogP contribution in [0, 0.1) is 5.92 Å². The molecular formula is C9H15NO3. The largest absolute Gasteiger partial charge is 0.441 e. The second-order valence-electron chi connectivity index (χ2n) is 4.05. The van der Waals surface area contributed by atoms with E-state index in [1.54, 1.807) is 0 Å². The minimum Gasteiger partial charge on any atom is -0.441 e. The van der Waals surface area contributed by atoms with E-state index in [9.17, 15) is 4.79 Å². The van der Waals surface area contributed by atoms with Gasteiger partial charge in [0.15, 0.2) is 0 Å². The molecule has 1 saturated heterocycles. The number of nitrogens with one attached hydrogen (secondary N) is 1. The van der Waals surface area contributed by atoms with Crippen LogP contribution in [0.1, 0.15) is 25.7 Å². The second kappa shape index (κ2) is 3.18. The number of hydrogen-bond acceptors (Lipinski definition) is 3. The van der Waals surface area contributed by atoms with Crippen LogP contribution in [0.3, 0.4) is 0 Å². The number of amides is 1. The van der Waals surface area contributed by atoms with Crippen LogP contribution in [0.15, 0.2) is 0 Å². The Hall–Kier alpha value is -0.770. The topological polar surface area (TPSA) is 58.6 Å². The Morgan fingerprint density at radius 1 is 1.54 bits per heavy atom. The maximum Gasteiger partial charge on any atom is 0.407 e. The maximum absolute atomic E-state index is 10.9. The highest BCUT2D eigenvalue weighted by atomic mass is 16.6. The van der Waals surface area contributed by atoms with Gasteiger partial charge in [0.05, 0.1) is 6.54 Å². The van der Waals surface area contributed by atoms with E-state index in [1.165, 1.54) is 0 Å². The molecule has 74 valence electrons. The summed E-state index contributed by atoms with van der Waals surface area (Å²) in [7, 11) is 0. The predicted molar refractivity (Wildman–Crippen MR) is 46.3 cm³/mol. The fourth-order valence-electron chi connectivity index (χ4n) is 2.17. The minimum absolute atomic E-state index is 0.247. The quantitative estimate of drug-likeness (QED) is 0.630. The molecule has 13 heavy (non-hydrogen) atoms. The summed E-state index contributed by atoms with van der Waals surface area (Å²) in [6, 6.07) is 0. The van der Waals surface area contributed by atoms with Gasteiger partial charge in [0.2, 0.25) is 0 Å². The van der Waals surface area contributed by atoms with Crippen molar-refractivity contribution in [3.63, 3.8) is 0 Å². The average Bonchev–Trinajstić information content (AvgIpc) is 2.49. The summed E-state index contributed by atoms with van der Waals surface area (Å²) in [6.45, 7) is 0.904. The summed E-state index contributed by atoms with van der Waals surface area (Å²) < 4.78 is 5.25. The first-order valence-electron chi connectivity index (χ1n) is 4.82. The fourth-order valence-corrected chi connectivity index (χ4v) is 2.17. The number of alkyl carbamates (subject to hydrolysis) is 1. The molecule has 4 nitrogen and oxygen atoms in total. The lowest BCUT2D eigenvalue weighted by atomic mass is 9.79. The van der Waals surface area contributed by atoms with Crippen LogP contribution in [-0.2, 0) is 4.74 Å². The molecule has 0 aromatic rings. The standard InChI is InChI=1S/C9H15NO3/c11-5-7-1-3-9(4-2-7)6-10-8(12)13-9/h7,11H,1-6H2,(H,10,12)/t7-,9-. The molecule has 1 heterocycles. The van der Waals surface area contributed by atoms with Gasteiger partial charge in [0.25, 0.3) is 0 Å². The summed E-state index contributed by atoms with van der Waals surface area (Å²) in [5.41, 5.74) is -0.247. The Morgan fingerprint density at radius 2 is 2.23 bits per heavy atom. The zero-order valence-electron chi connectivity index (χ0n) is 7.58. The van der Waals surface area contributed by atoms with Crippen LogP contribution in [-0.4, -0.2) is 30.0 Å². The number of carbonyl (C=O) groups is 1. The first-order valence-corrected chi connectivity index (χ1v) is 4.82. The number of aliphatic hydroxyl groups is 1. The Bertz CT molecular complexity index is 209. The van der Waals surface area contributed by atoms with E-state index in [1.807, 2.05) is 0 Å². The highest BCUT2D eigenvalue weighted by Gasteiger charge is 2.42. The van der Waals surface area contributed by atoms with Crippen molar-refractivity contribution >= 4 is 6.09 Å². The van der Waals surface area contributed by atoms with E-state index in [0.717, 1.165) is 25.7 Å². The first kappa shape index (κ1) is 8.81. The molecule has 2 fully saturated rings. The molecule has 0 aromatic carbocycles. The van der Waals surface area contributed by atoms with E-state index in [4.69, 9.17) is 9.84 Å². The van der Waals surface area contributed by atoms with E-state index in [2.05, 4.69) is 5.32 Å². The minimum atomic E-state index is -0.289. The highest BCUT2D eigenvalue weighted by molar-refractivity contribution is 5.70. The fraction of sp³-hybridized carbons (Fsp3) is 0.889. The molecule has 2 N–H and O–H groups in total. The normalized spacial score (nSPS) is 38.8. The number of aliphatic hydroxyl groups excluding tert-OH is 1. The Labute approximate surface area is 77.3 Å². The molecule has 2 aliphatic rings. The lowest BCUT2D eigenvalue weighted by Gasteiger charge is -2.33. The second-order valence-corrected chi connectivity index (χ2v) is 4.05. The number of carbonyl (C=O) groups excluding carboxylic acids is 1. The van der Waals surface area contributed by atoms with Gasteiger partial charge in [-0.1, -0.05) is 0 Å². The number of hydrogen-bond donors (Lipinski definition) is 2. The molecule has 0 bridgehead atoms. The monoisotopic (exact) mass is 185 g/mol. The molecule has 1 amide bonds. The Kier molecular flexibility index (Phi) is 2.15. The van der Waals surface area contributed by atoms with Gasteiger partial charge >= 0.3 is 6.09 Å². The molecule has 1 aliphatic heterocycles. The summed E-state index contributed by atoms with van der Waals surface area (Å²) in [5, 5.41) is 11.6. The molecule has 0 atom stereocenters. The van der Waals surface area contributed by atoms with Gasteiger partial charge in [0, 0.05) is 6.61 Å². The molecule has 1 saturated carbocycles. The van der Waals surface area contributed by atoms with Gasteiger partial charge in [-0.05, 0) is 31.6 Å². The van der Waals surface area contributed by atoms with Crippen LogP contribution in [0.25, 0.3) is 0 Å². The Balaban J connectivity index is 1.93. The third-order valence-electron chi connectivity index (χ3n) is 3.14. The van der Waals surface area contributed by atoms with Crippen LogP contribution in [0.4, 0.5) is 4.79 Å².